The molecule has 0 bridgehead atoms. The Kier molecular flexibility index (Phi) is 4.23. The third-order valence-electron chi connectivity index (χ3n) is 3.67. The first-order chi connectivity index (χ1) is 9.93. The number of hydrogen-bond donors (Lipinski definition) is 1. The van der Waals surface area contributed by atoms with E-state index in [1.807, 2.05) is 37.3 Å². The Labute approximate surface area is 123 Å². The third kappa shape index (κ3) is 3.03. The predicted molar refractivity (Wildman–Crippen MR) is 81.6 cm³/mol. The van der Waals surface area contributed by atoms with E-state index < -0.39 is 6.04 Å². The highest BCUT2D eigenvalue weighted by Gasteiger charge is 2.18. The van der Waals surface area contributed by atoms with Crippen molar-refractivity contribution in [2.24, 2.45) is 5.73 Å². The number of nitrogens with zero attached hydrogens (tertiary/aromatic N) is 1. The van der Waals surface area contributed by atoms with Crippen LogP contribution in [0.1, 0.15) is 28.3 Å². The van der Waals surface area contributed by atoms with Gasteiger partial charge in [-0.1, -0.05) is 18.2 Å². The quantitative estimate of drug-likeness (QED) is 0.691. The van der Waals surface area contributed by atoms with E-state index in [1.54, 1.807) is 20.1 Å². The number of rotatable bonds is 4. The fourth-order valence-electron chi connectivity index (χ4n) is 2.26. The first kappa shape index (κ1) is 15.0. The average molecular weight is 286 g/mol. The molecule has 0 saturated heterocycles. The van der Waals surface area contributed by atoms with Crippen LogP contribution in [0, 0.1) is 24.0 Å². The zero-order chi connectivity index (χ0) is 15.6. The van der Waals surface area contributed by atoms with Gasteiger partial charge < -0.3 is 10.5 Å². The van der Waals surface area contributed by atoms with Gasteiger partial charge in [-0.15, -0.1) is 0 Å². The van der Waals surface area contributed by atoms with Gasteiger partial charge in [0, 0.05) is 11.6 Å². The number of ether oxygens (including phenoxy) is 1. The summed E-state index contributed by atoms with van der Waals surface area (Å²) in [5.41, 5.74) is 9.45. The second-order valence-corrected chi connectivity index (χ2v) is 4.99. The smallest absolute Gasteiger partial charge is 0.272 e. The van der Waals surface area contributed by atoms with E-state index in [9.17, 15) is 10.1 Å². The fraction of sp³-hybridized carbons (Fsp3) is 0.250. The Balaban J connectivity index is 2.47. The number of methoxy groups -OCH3 is 1. The lowest BCUT2D eigenvalue weighted by Gasteiger charge is -2.15. The zero-order valence-corrected chi connectivity index (χ0v) is 12.3. The molecular formula is C16H18N2O3. The summed E-state index contributed by atoms with van der Waals surface area (Å²) >= 11 is 0. The van der Waals surface area contributed by atoms with Gasteiger partial charge in [0.25, 0.3) is 5.69 Å². The lowest BCUT2D eigenvalue weighted by Crippen LogP contribution is -2.13. The molecule has 2 N–H and O–H groups in total. The summed E-state index contributed by atoms with van der Waals surface area (Å²) in [7, 11) is 1.59. The summed E-state index contributed by atoms with van der Waals surface area (Å²) in [6.07, 6.45) is 0. The average Bonchev–Trinajstić information content (AvgIpc) is 2.48. The van der Waals surface area contributed by atoms with E-state index in [-0.39, 0.29) is 10.6 Å². The Morgan fingerprint density at radius 1 is 1.19 bits per heavy atom. The van der Waals surface area contributed by atoms with E-state index in [4.69, 9.17) is 10.5 Å². The number of aryl methyl sites for hydroxylation is 1. The molecule has 0 spiro atoms. The Bertz CT molecular complexity index is 683. The van der Waals surface area contributed by atoms with Crippen LogP contribution in [0.15, 0.2) is 36.4 Å². The van der Waals surface area contributed by atoms with E-state index in [2.05, 4.69) is 0 Å². The summed E-state index contributed by atoms with van der Waals surface area (Å²) < 4.78 is 5.18. The molecule has 21 heavy (non-hydrogen) atoms. The van der Waals surface area contributed by atoms with Crippen LogP contribution in [0.5, 0.6) is 5.75 Å². The van der Waals surface area contributed by atoms with Gasteiger partial charge in [-0.2, -0.15) is 0 Å². The molecule has 0 aliphatic heterocycles. The second kappa shape index (κ2) is 5.93. The van der Waals surface area contributed by atoms with Crippen LogP contribution in [0.2, 0.25) is 0 Å². The number of nitrogens with two attached hydrogens (primary N) is 1. The molecule has 1 unspecified atom stereocenters. The number of benzene rings is 2. The lowest BCUT2D eigenvalue weighted by atomic mass is 9.95. The number of nitro benzene ring substituents is 1. The highest BCUT2D eigenvalue weighted by molar-refractivity contribution is 5.50. The van der Waals surface area contributed by atoms with Gasteiger partial charge in [-0.25, -0.2) is 0 Å². The van der Waals surface area contributed by atoms with Gasteiger partial charge in [0.15, 0.2) is 0 Å². The maximum Gasteiger partial charge on any atom is 0.272 e. The molecule has 2 aromatic rings. The molecule has 0 aliphatic rings. The Morgan fingerprint density at radius 2 is 1.90 bits per heavy atom. The van der Waals surface area contributed by atoms with Crippen molar-refractivity contribution in [2.75, 3.05) is 7.11 Å². The van der Waals surface area contributed by atoms with Crippen molar-refractivity contribution in [3.05, 3.63) is 68.8 Å². The van der Waals surface area contributed by atoms with Crippen LogP contribution in [0.25, 0.3) is 0 Å². The van der Waals surface area contributed by atoms with Crippen molar-refractivity contribution in [2.45, 2.75) is 19.9 Å². The van der Waals surface area contributed by atoms with Gasteiger partial charge in [-0.3, -0.25) is 10.1 Å². The Hall–Kier alpha value is -2.40. The molecule has 0 heterocycles. The van der Waals surface area contributed by atoms with Crippen molar-refractivity contribution in [1.29, 1.82) is 0 Å². The maximum absolute atomic E-state index is 11.1. The zero-order valence-electron chi connectivity index (χ0n) is 12.3. The van der Waals surface area contributed by atoms with E-state index in [0.717, 1.165) is 16.7 Å². The molecule has 0 amide bonds. The van der Waals surface area contributed by atoms with Crippen molar-refractivity contribution < 1.29 is 9.66 Å². The first-order valence-electron chi connectivity index (χ1n) is 6.59. The van der Waals surface area contributed by atoms with E-state index >= 15 is 0 Å². The Morgan fingerprint density at radius 3 is 2.52 bits per heavy atom. The highest BCUT2D eigenvalue weighted by atomic mass is 16.6. The lowest BCUT2D eigenvalue weighted by molar-refractivity contribution is -0.385. The second-order valence-electron chi connectivity index (χ2n) is 4.99. The maximum atomic E-state index is 11.1. The molecule has 5 heteroatoms. The van der Waals surface area contributed by atoms with Gasteiger partial charge in [0.05, 0.1) is 18.1 Å². The van der Waals surface area contributed by atoms with Crippen LogP contribution in [-0.4, -0.2) is 12.0 Å². The van der Waals surface area contributed by atoms with Crippen LogP contribution in [-0.2, 0) is 0 Å². The van der Waals surface area contributed by atoms with Crippen molar-refractivity contribution in [3.8, 4) is 5.75 Å². The van der Waals surface area contributed by atoms with Gasteiger partial charge in [-0.05, 0) is 42.7 Å². The molecule has 5 nitrogen and oxygen atoms in total. The molecule has 1 atom stereocenters. The third-order valence-corrected chi connectivity index (χ3v) is 3.67. The SMILES string of the molecule is COc1cccc(C(N)c2cc(C)c(C)c([N+](=O)[O-])c2)c1. The molecule has 0 saturated carbocycles. The molecule has 0 aliphatic carbocycles. The van der Waals surface area contributed by atoms with Crippen LogP contribution in [0.4, 0.5) is 5.69 Å². The molecule has 0 fully saturated rings. The van der Waals surface area contributed by atoms with E-state index in [0.29, 0.717) is 11.3 Å². The van der Waals surface area contributed by atoms with Crippen molar-refractivity contribution in [1.82, 2.24) is 0 Å². The molecule has 0 aromatic heterocycles. The van der Waals surface area contributed by atoms with Crippen LogP contribution < -0.4 is 10.5 Å². The van der Waals surface area contributed by atoms with Crippen LogP contribution in [0.3, 0.4) is 0 Å². The summed E-state index contributed by atoms with van der Waals surface area (Å²) in [5.74, 6) is 0.710. The molecule has 2 rings (SSSR count). The number of hydrogen-bond acceptors (Lipinski definition) is 4. The van der Waals surface area contributed by atoms with Crippen molar-refractivity contribution in [3.63, 3.8) is 0 Å². The normalized spacial score (nSPS) is 12.0. The summed E-state index contributed by atoms with van der Waals surface area (Å²) in [6, 6.07) is 10.4. The highest BCUT2D eigenvalue weighted by Crippen LogP contribution is 2.29. The molecule has 0 radical (unpaired) electrons. The van der Waals surface area contributed by atoms with Gasteiger partial charge in [0.1, 0.15) is 5.75 Å². The standard InChI is InChI=1S/C16H18N2O3/c1-10-7-13(9-15(11(10)2)18(19)20)16(17)12-5-4-6-14(8-12)21-3/h4-9,16H,17H2,1-3H3. The van der Waals surface area contributed by atoms with E-state index in [1.165, 1.54) is 0 Å². The predicted octanol–water partition coefficient (Wildman–Crippen LogP) is 3.27. The minimum Gasteiger partial charge on any atom is -0.497 e. The minimum atomic E-state index is -0.432. The van der Waals surface area contributed by atoms with Gasteiger partial charge >= 0.3 is 0 Å². The number of nitro groups is 1. The monoisotopic (exact) mass is 286 g/mol. The topological polar surface area (TPSA) is 78.4 Å². The van der Waals surface area contributed by atoms with Crippen LogP contribution >= 0.6 is 0 Å². The molecule has 110 valence electrons. The van der Waals surface area contributed by atoms with Crippen molar-refractivity contribution >= 4 is 5.69 Å². The molecule has 2 aromatic carbocycles. The summed E-state index contributed by atoms with van der Waals surface area (Å²) in [6.45, 7) is 3.60. The molecular weight excluding hydrogens is 268 g/mol. The summed E-state index contributed by atoms with van der Waals surface area (Å²) in [5, 5.41) is 11.1. The summed E-state index contributed by atoms with van der Waals surface area (Å²) in [4.78, 5) is 10.8. The first-order valence-corrected chi connectivity index (χ1v) is 6.59. The fourth-order valence-corrected chi connectivity index (χ4v) is 2.26. The largest absolute Gasteiger partial charge is 0.497 e. The minimum absolute atomic E-state index is 0.100. The van der Waals surface area contributed by atoms with Gasteiger partial charge in [0.2, 0.25) is 0 Å².